The van der Waals surface area contributed by atoms with Gasteiger partial charge in [-0.3, -0.25) is 9.78 Å². The van der Waals surface area contributed by atoms with E-state index in [0.717, 1.165) is 22.4 Å². The number of likely N-dealkylation sites (tertiary alicyclic amines) is 1. The molecule has 2 saturated heterocycles. The van der Waals surface area contributed by atoms with Crippen LogP contribution in [0, 0.1) is 5.92 Å². The van der Waals surface area contributed by atoms with Crippen LogP contribution in [0.3, 0.4) is 0 Å². The van der Waals surface area contributed by atoms with Gasteiger partial charge in [-0.05, 0) is 35.4 Å². The summed E-state index contributed by atoms with van der Waals surface area (Å²) >= 11 is 0. The van der Waals surface area contributed by atoms with Crippen LogP contribution in [0.4, 0.5) is 0 Å². The minimum absolute atomic E-state index is 0.0205. The van der Waals surface area contributed by atoms with E-state index >= 15 is 0 Å². The molecular weight excluding hydrogens is 392 g/mol. The molecule has 1 amide bonds. The lowest BCUT2D eigenvalue weighted by atomic mass is 9.83. The third kappa shape index (κ3) is 3.41. The van der Waals surface area contributed by atoms with Crippen LogP contribution in [-0.4, -0.2) is 34.0 Å². The molecule has 158 valence electrons. The number of methoxy groups -OCH3 is 1. The van der Waals surface area contributed by atoms with Gasteiger partial charge in [0.2, 0.25) is 5.91 Å². The van der Waals surface area contributed by atoms with Gasteiger partial charge in [0.1, 0.15) is 17.5 Å². The van der Waals surface area contributed by atoms with Crippen LogP contribution in [-0.2, 0) is 11.3 Å². The highest BCUT2D eigenvalue weighted by molar-refractivity contribution is 5.86. The normalized spacial score (nSPS) is 24.9. The second-order valence-corrected chi connectivity index (χ2v) is 7.93. The highest BCUT2D eigenvalue weighted by Gasteiger charge is 2.55. The molecule has 7 heteroatoms. The van der Waals surface area contributed by atoms with Crippen LogP contribution in [0.15, 0.2) is 73.1 Å². The maximum absolute atomic E-state index is 13.5. The molecule has 0 bridgehead atoms. The number of carbonyl (C=O) groups excluding carboxylic acids is 1. The Balaban J connectivity index is 1.59. The summed E-state index contributed by atoms with van der Waals surface area (Å²) in [6.07, 6.45) is 3.51. The van der Waals surface area contributed by atoms with E-state index in [-0.39, 0.29) is 29.7 Å². The first-order valence-corrected chi connectivity index (χ1v) is 10.3. The maximum atomic E-state index is 13.5. The molecular formula is C24H24N4O3. The molecule has 0 spiro atoms. The first kappa shape index (κ1) is 19.5. The van der Waals surface area contributed by atoms with Gasteiger partial charge >= 0.3 is 0 Å². The summed E-state index contributed by atoms with van der Waals surface area (Å²) in [4.78, 5) is 19.6. The lowest BCUT2D eigenvalue weighted by Gasteiger charge is -2.31. The first-order chi connectivity index (χ1) is 15.2. The van der Waals surface area contributed by atoms with E-state index < -0.39 is 6.04 Å². The van der Waals surface area contributed by atoms with E-state index in [1.165, 1.54) is 0 Å². The van der Waals surface area contributed by atoms with Crippen LogP contribution >= 0.6 is 0 Å². The lowest BCUT2D eigenvalue weighted by molar-refractivity contribution is -0.131. The van der Waals surface area contributed by atoms with Crippen molar-refractivity contribution in [2.24, 2.45) is 5.92 Å². The van der Waals surface area contributed by atoms with Crippen molar-refractivity contribution >= 4 is 5.91 Å². The van der Waals surface area contributed by atoms with E-state index in [9.17, 15) is 9.90 Å². The Morgan fingerprint density at radius 3 is 2.68 bits per heavy atom. The molecule has 1 aromatic heterocycles. The van der Waals surface area contributed by atoms with Crippen molar-refractivity contribution in [1.29, 1.82) is 0 Å². The van der Waals surface area contributed by atoms with Crippen molar-refractivity contribution in [3.63, 3.8) is 0 Å². The van der Waals surface area contributed by atoms with Gasteiger partial charge in [-0.25, -0.2) is 10.9 Å². The van der Waals surface area contributed by atoms with Crippen molar-refractivity contribution in [3.8, 4) is 11.5 Å². The fraction of sp³-hybridized carbons (Fsp3) is 0.250. The summed E-state index contributed by atoms with van der Waals surface area (Å²) in [6, 6.07) is 18.1. The fourth-order valence-electron chi connectivity index (χ4n) is 4.81. The Hall–Kier alpha value is -3.42. The maximum Gasteiger partial charge on any atom is 0.242 e. The van der Waals surface area contributed by atoms with Crippen LogP contribution in [0.1, 0.15) is 28.8 Å². The highest BCUT2D eigenvalue weighted by atomic mass is 16.5. The standard InChI is InChI=1S/C24H24N4O3/c1-31-17-8-4-7-16(12-17)23-20-21(18-9-2-3-10-19(18)29)26-27-22(20)24(30)28(23)14-15-6-5-11-25-13-15/h2-13,20-23,26-27,29H,14H2,1H3. The van der Waals surface area contributed by atoms with Crippen molar-refractivity contribution < 1.29 is 14.6 Å². The number of nitrogens with one attached hydrogen (secondary N) is 2. The summed E-state index contributed by atoms with van der Waals surface area (Å²) in [5.41, 5.74) is 9.18. The Bertz CT molecular complexity index is 1090. The van der Waals surface area contributed by atoms with E-state index in [1.54, 1.807) is 31.6 Å². The second kappa shape index (κ2) is 8.02. The third-order valence-electron chi connectivity index (χ3n) is 6.20. The van der Waals surface area contributed by atoms with Crippen LogP contribution in [0.2, 0.25) is 0 Å². The molecule has 0 radical (unpaired) electrons. The zero-order chi connectivity index (χ0) is 21.4. The molecule has 2 aliphatic heterocycles. The monoisotopic (exact) mass is 416 g/mol. The number of rotatable bonds is 5. The average molecular weight is 416 g/mol. The molecule has 0 saturated carbocycles. The number of benzene rings is 2. The number of carbonyl (C=O) groups is 1. The molecule has 7 nitrogen and oxygen atoms in total. The number of para-hydroxylation sites is 1. The zero-order valence-electron chi connectivity index (χ0n) is 17.1. The molecule has 2 fully saturated rings. The number of hydrazine groups is 1. The third-order valence-corrected chi connectivity index (χ3v) is 6.20. The number of amides is 1. The molecule has 0 aliphatic carbocycles. The molecule has 5 rings (SSSR count). The minimum atomic E-state index is -0.405. The summed E-state index contributed by atoms with van der Waals surface area (Å²) in [7, 11) is 1.64. The van der Waals surface area contributed by atoms with E-state index in [2.05, 4.69) is 15.8 Å². The van der Waals surface area contributed by atoms with Gasteiger partial charge < -0.3 is 14.7 Å². The SMILES string of the molecule is COc1cccc(C2C3C(NNC3c3ccccc3O)C(=O)N2Cc2cccnc2)c1. The largest absolute Gasteiger partial charge is 0.508 e. The van der Waals surface area contributed by atoms with Crippen LogP contribution in [0.25, 0.3) is 0 Å². The smallest absolute Gasteiger partial charge is 0.242 e. The molecule has 31 heavy (non-hydrogen) atoms. The van der Waals surface area contributed by atoms with Gasteiger partial charge in [0.15, 0.2) is 0 Å². The van der Waals surface area contributed by atoms with Gasteiger partial charge in [0.25, 0.3) is 0 Å². The number of hydrogen-bond acceptors (Lipinski definition) is 6. The number of phenolic OH excluding ortho intramolecular Hbond substituents is 1. The van der Waals surface area contributed by atoms with Crippen LogP contribution < -0.4 is 15.6 Å². The molecule has 4 unspecified atom stereocenters. The van der Waals surface area contributed by atoms with Crippen molar-refractivity contribution in [3.05, 3.63) is 89.7 Å². The molecule has 3 heterocycles. The highest BCUT2D eigenvalue weighted by Crippen LogP contribution is 2.49. The van der Waals surface area contributed by atoms with E-state index in [1.807, 2.05) is 53.4 Å². The number of aromatic hydroxyl groups is 1. The predicted molar refractivity (Wildman–Crippen MR) is 115 cm³/mol. The molecule has 2 aliphatic rings. The Labute approximate surface area is 180 Å². The first-order valence-electron chi connectivity index (χ1n) is 10.3. The number of fused-ring (bicyclic) bond motifs is 1. The predicted octanol–water partition coefficient (Wildman–Crippen LogP) is 2.71. The Kier molecular flexibility index (Phi) is 5.05. The quantitative estimate of drug-likeness (QED) is 0.593. The Morgan fingerprint density at radius 2 is 1.90 bits per heavy atom. The summed E-state index contributed by atoms with van der Waals surface area (Å²) < 4.78 is 5.45. The summed E-state index contributed by atoms with van der Waals surface area (Å²) in [5, 5.41) is 10.5. The molecule has 4 atom stereocenters. The number of hydrogen-bond donors (Lipinski definition) is 3. The second-order valence-electron chi connectivity index (χ2n) is 7.93. The van der Waals surface area contributed by atoms with Gasteiger partial charge in [-0.1, -0.05) is 36.4 Å². The number of phenols is 1. The number of ether oxygens (including phenoxy) is 1. The number of pyridine rings is 1. The summed E-state index contributed by atoms with van der Waals surface area (Å²) in [5.74, 6) is 0.856. The fourth-order valence-corrected chi connectivity index (χ4v) is 4.81. The lowest BCUT2D eigenvalue weighted by Crippen LogP contribution is -2.41. The van der Waals surface area contributed by atoms with Crippen LogP contribution in [0.5, 0.6) is 11.5 Å². The van der Waals surface area contributed by atoms with Crippen molar-refractivity contribution in [2.75, 3.05) is 7.11 Å². The van der Waals surface area contributed by atoms with Crippen molar-refractivity contribution in [2.45, 2.75) is 24.7 Å². The van der Waals surface area contributed by atoms with Gasteiger partial charge in [-0.2, -0.15) is 0 Å². The number of aromatic nitrogens is 1. The number of nitrogens with zero attached hydrogens (tertiary/aromatic N) is 2. The molecule has 3 N–H and O–H groups in total. The summed E-state index contributed by atoms with van der Waals surface area (Å²) in [6.45, 7) is 0.455. The molecule has 2 aromatic carbocycles. The average Bonchev–Trinajstić information content (AvgIpc) is 3.34. The Morgan fingerprint density at radius 1 is 1.06 bits per heavy atom. The topological polar surface area (TPSA) is 86.7 Å². The van der Waals surface area contributed by atoms with Gasteiger partial charge in [-0.15, -0.1) is 0 Å². The van der Waals surface area contributed by atoms with Crippen molar-refractivity contribution in [1.82, 2.24) is 20.7 Å². The van der Waals surface area contributed by atoms with Gasteiger partial charge in [0.05, 0.1) is 19.2 Å². The molecule has 3 aromatic rings. The van der Waals surface area contributed by atoms with E-state index in [4.69, 9.17) is 4.74 Å². The van der Waals surface area contributed by atoms with E-state index in [0.29, 0.717) is 6.54 Å². The minimum Gasteiger partial charge on any atom is -0.508 e. The zero-order valence-corrected chi connectivity index (χ0v) is 17.1. The van der Waals surface area contributed by atoms with Gasteiger partial charge in [0, 0.05) is 30.4 Å².